The Morgan fingerprint density at radius 3 is 2.60 bits per heavy atom. The predicted molar refractivity (Wildman–Crippen MR) is 86.1 cm³/mol. The molecular formula is C16H30N4. The van der Waals surface area contributed by atoms with Gasteiger partial charge in [-0.2, -0.15) is 0 Å². The smallest absolute Gasteiger partial charge is 0.129 e. The monoisotopic (exact) mass is 278 g/mol. The third-order valence-corrected chi connectivity index (χ3v) is 3.63. The van der Waals surface area contributed by atoms with Crippen molar-refractivity contribution in [3.8, 4) is 0 Å². The summed E-state index contributed by atoms with van der Waals surface area (Å²) in [6.07, 6.45) is 6.20. The molecule has 1 rings (SSSR count). The number of nitrogens with zero attached hydrogens (tertiary/aromatic N) is 3. The summed E-state index contributed by atoms with van der Waals surface area (Å²) >= 11 is 0. The zero-order valence-electron chi connectivity index (χ0n) is 13.5. The lowest BCUT2D eigenvalue weighted by atomic mass is 10.1. The van der Waals surface area contributed by atoms with Crippen LogP contribution in [0.2, 0.25) is 0 Å². The number of hydrogen-bond acceptors (Lipinski definition) is 4. The topological polar surface area (TPSA) is 41.0 Å². The second kappa shape index (κ2) is 9.70. The van der Waals surface area contributed by atoms with Gasteiger partial charge < -0.3 is 10.2 Å². The normalized spacial score (nSPS) is 12.7. The van der Waals surface area contributed by atoms with Gasteiger partial charge in [0.25, 0.3) is 0 Å². The van der Waals surface area contributed by atoms with Gasteiger partial charge in [0.15, 0.2) is 0 Å². The molecule has 1 unspecified atom stereocenters. The fourth-order valence-electron chi connectivity index (χ4n) is 2.35. The molecular weight excluding hydrogens is 248 g/mol. The number of rotatable bonds is 10. The van der Waals surface area contributed by atoms with Crippen LogP contribution >= 0.6 is 0 Å². The average Bonchev–Trinajstić information content (AvgIpc) is 2.44. The molecule has 1 atom stereocenters. The standard InChI is InChI=1S/C16H30N4/c1-5-9-15-12-16(18-13-17-15)19-14(4)10-8-11-20(6-2)7-3/h12-14H,5-11H2,1-4H3,(H,17,18,19). The molecule has 4 heteroatoms. The van der Waals surface area contributed by atoms with Crippen molar-refractivity contribution in [3.05, 3.63) is 18.1 Å². The van der Waals surface area contributed by atoms with Crippen LogP contribution in [-0.2, 0) is 6.42 Å². The molecule has 0 bridgehead atoms. The van der Waals surface area contributed by atoms with E-state index in [9.17, 15) is 0 Å². The molecule has 20 heavy (non-hydrogen) atoms. The fourth-order valence-corrected chi connectivity index (χ4v) is 2.35. The minimum Gasteiger partial charge on any atom is -0.368 e. The molecule has 1 aromatic rings. The largest absolute Gasteiger partial charge is 0.368 e. The van der Waals surface area contributed by atoms with Gasteiger partial charge in [0, 0.05) is 17.8 Å². The summed E-state index contributed by atoms with van der Waals surface area (Å²) in [7, 11) is 0. The zero-order valence-corrected chi connectivity index (χ0v) is 13.5. The maximum atomic E-state index is 4.30. The summed E-state index contributed by atoms with van der Waals surface area (Å²) in [5, 5.41) is 3.48. The number of aromatic nitrogens is 2. The Kier molecular flexibility index (Phi) is 8.19. The van der Waals surface area contributed by atoms with Gasteiger partial charge in [-0.3, -0.25) is 0 Å². The number of nitrogens with one attached hydrogen (secondary N) is 1. The van der Waals surface area contributed by atoms with Crippen LogP contribution in [0, 0.1) is 0 Å². The fraction of sp³-hybridized carbons (Fsp3) is 0.750. The lowest BCUT2D eigenvalue weighted by Gasteiger charge is -2.20. The lowest BCUT2D eigenvalue weighted by molar-refractivity contribution is 0.295. The Morgan fingerprint density at radius 2 is 1.95 bits per heavy atom. The minimum atomic E-state index is 0.454. The van der Waals surface area contributed by atoms with E-state index in [0.717, 1.165) is 37.4 Å². The first-order valence-corrected chi connectivity index (χ1v) is 7.99. The van der Waals surface area contributed by atoms with Crippen molar-refractivity contribution in [2.75, 3.05) is 25.0 Å². The van der Waals surface area contributed by atoms with Crippen molar-refractivity contribution in [3.63, 3.8) is 0 Å². The first-order chi connectivity index (χ1) is 9.69. The van der Waals surface area contributed by atoms with Crippen LogP contribution in [0.25, 0.3) is 0 Å². The quantitative estimate of drug-likeness (QED) is 0.712. The van der Waals surface area contributed by atoms with Crippen LogP contribution in [-0.4, -0.2) is 40.5 Å². The second-order valence-corrected chi connectivity index (χ2v) is 5.36. The van der Waals surface area contributed by atoms with Crippen molar-refractivity contribution in [2.24, 2.45) is 0 Å². The Hall–Kier alpha value is -1.16. The maximum absolute atomic E-state index is 4.30. The Morgan fingerprint density at radius 1 is 1.20 bits per heavy atom. The second-order valence-electron chi connectivity index (χ2n) is 5.36. The molecule has 0 aliphatic carbocycles. The van der Waals surface area contributed by atoms with Gasteiger partial charge in [-0.25, -0.2) is 9.97 Å². The van der Waals surface area contributed by atoms with E-state index in [2.05, 4.69) is 53.9 Å². The molecule has 0 saturated carbocycles. The van der Waals surface area contributed by atoms with Crippen LogP contribution in [0.3, 0.4) is 0 Å². The highest BCUT2D eigenvalue weighted by atomic mass is 15.1. The van der Waals surface area contributed by atoms with Gasteiger partial charge in [0.2, 0.25) is 0 Å². The van der Waals surface area contributed by atoms with Crippen molar-refractivity contribution < 1.29 is 0 Å². The van der Waals surface area contributed by atoms with Gasteiger partial charge in [0.1, 0.15) is 12.1 Å². The van der Waals surface area contributed by atoms with Gasteiger partial charge in [0.05, 0.1) is 0 Å². The molecule has 0 aromatic carbocycles. The van der Waals surface area contributed by atoms with E-state index < -0.39 is 0 Å². The highest BCUT2D eigenvalue weighted by Crippen LogP contribution is 2.10. The average molecular weight is 278 g/mol. The van der Waals surface area contributed by atoms with Crippen LogP contribution in [0.15, 0.2) is 12.4 Å². The molecule has 1 aromatic heterocycles. The minimum absolute atomic E-state index is 0.454. The van der Waals surface area contributed by atoms with E-state index in [1.165, 1.54) is 19.4 Å². The van der Waals surface area contributed by atoms with Crippen molar-refractivity contribution in [1.29, 1.82) is 0 Å². The molecule has 0 aliphatic rings. The highest BCUT2D eigenvalue weighted by Gasteiger charge is 2.05. The van der Waals surface area contributed by atoms with Crippen molar-refractivity contribution >= 4 is 5.82 Å². The van der Waals surface area contributed by atoms with Crippen LogP contribution in [0.4, 0.5) is 5.82 Å². The summed E-state index contributed by atoms with van der Waals surface area (Å²) < 4.78 is 0. The summed E-state index contributed by atoms with van der Waals surface area (Å²) in [6.45, 7) is 12.3. The first-order valence-electron chi connectivity index (χ1n) is 7.99. The third-order valence-electron chi connectivity index (χ3n) is 3.63. The van der Waals surface area contributed by atoms with Gasteiger partial charge in [-0.05, 0) is 45.8 Å². The van der Waals surface area contributed by atoms with Crippen LogP contribution in [0.1, 0.15) is 52.7 Å². The van der Waals surface area contributed by atoms with Gasteiger partial charge in [-0.1, -0.05) is 27.2 Å². The van der Waals surface area contributed by atoms with Crippen molar-refractivity contribution in [1.82, 2.24) is 14.9 Å². The summed E-state index contributed by atoms with van der Waals surface area (Å²) in [5.74, 6) is 0.957. The van der Waals surface area contributed by atoms with Gasteiger partial charge in [-0.15, -0.1) is 0 Å². The Balaban J connectivity index is 2.34. The first kappa shape index (κ1) is 16.9. The van der Waals surface area contributed by atoms with E-state index in [4.69, 9.17) is 0 Å². The molecule has 1 N–H and O–H groups in total. The number of anilines is 1. The highest BCUT2D eigenvalue weighted by molar-refractivity contribution is 5.35. The van der Waals surface area contributed by atoms with E-state index in [1.54, 1.807) is 6.33 Å². The summed E-state index contributed by atoms with van der Waals surface area (Å²) in [5.41, 5.74) is 1.13. The van der Waals surface area contributed by atoms with Crippen LogP contribution in [0.5, 0.6) is 0 Å². The molecule has 0 spiro atoms. The molecule has 0 saturated heterocycles. The van der Waals surface area contributed by atoms with E-state index >= 15 is 0 Å². The summed E-state index contributed by atoms with van der Waals surface area (Å²) in [6, 6.07) is 2.53. The molecule has 0 radical (unpaired) electrons. The van der Waals surface area contributed by atoms with Crippen molar-refractivity contribution in [2.45, 2.75) is 59.4 Å². The molecule has 0 aliphatic heterocycles. The molecule has 1 heterocycles. The number of hydrogen-bond donors (Lipinski definition) is 1. The molecule has 4 nitrogen and oxygen atoms in total. The summed E-state index contributed by atoms with van der Waals surface area (Å²) in [4.78, 5) is 11.1. The van der Waals surface area contributed by atoms with E-state index in [-0.39, 0.29) is 0 Å². The predicted octanol–water partition coefficient (Wildman–Crippen LogP) is 3.35. The Bertz CT molecular complexity index is 363. The molecule has 0 fully saturated rings. The zero-order chi connectivity index (χ0) is 14.8. The number of aryl methyl sites for hydroxylation is 1. The molecule has 114 valence electrons. The maximum Gasteiger partial charge on any atom is 0.129 e. The van der Waals surface area contributed by atoms with Gasteiger partial charge >= 0.3 is 0 Å². The third kappa shape index (κ3) is 6.33. The lowest BCUT2D eigenvalue weighted by Crippen LogP contribution is -2.25. The van der Waals surface area contributed by atoms with E-state index in [0.29, 0.717) is 6.04 Å². The SMILES string of the molecule is CCCc1cc(NC(C)CCCN(CC)CC)ncn1. The molecule has 0 amide bonds. The Labute approximate surface area is 124 Å². The van der Waals surface area contributed by atoms with E-state index in [1.807, 2.05) is 0 Å². The van der Waals surface area contributed by atoms with Crippen LogP contribution < -0.4 is 5.32 Å².